The molecule has 1 heterocycles. The second-order valence-corrected chi connectivity index (χ2v) is 8.39. The molecule has 20 heavy (non-hydrogen) atoms. The van der Waals surface area contributed by atoms with E-state index >= 15 is 0 Å². The fourth-order valence-electron chi connectivity index (χ4n) is 1.76. The molecule has 1 aromatic heterocycles. The zero-order valence-electron chi connectivity index (χ0n) is 14.3. The summed E-state index contributed by atoms with van der Waals surface area (Å²) in [7, 11) is 1.75. The number of hydrogen-bond donors (Lipinski definition) is 1. The number of aromatic nitrogens is 1. The first-order valence-electron chi connectivity index (χ1n) is 7.34. The predicted octanol–water partition coefficient (Wildman–Crippen LogP) is 4.11. The third-order valence-electron chi connectivity index (χ3n) is 3.18. The monoisotopic (exact) mass is 298 g/mol. The molecule has 0 saturated heterocycles. The van der Waals surface area contributed by atoms with Gasteiger partial charge in [0.25, 0.3) is 0 Å². The maximum atomic E-state index is 5.57. The van der Waals surface area contributed by atoms with Crippen LogP contribution in [0.2, 0.25) is 0 Å². The first kappa shape index (κ1) is 17.6. The Balaban J connectivity index is 3.00. The van der Waals surface area contributed by atoms with Crippen LogP contribution in [0.1, 0.15) is 64.0 Å². The highest BCUT2D eigenvalue weighted by atomic mass is 32.1. The number of hydrogen-bond acceptors (Lipinski definition) is 4. The molecule has 0 atom stereocenters. The van der Waals surface area contributed by atoms with Crippen LogP contribution < -0.4 is 5.32 Å². The van der Waals surface area contributed by atoms with Gasteiger partial charge in [-0.1, -0.05) is 13.8 Å². The van der Waals surface area contributed by atoms with Crippen LogP contribution >= 0.6 is 11.3 Å². The van der Waals surface area contributed by atoms with Gasteiger partial charge in [0.2, 0.25) is 0 Å². The van der Waals surface area contributed by atoms with Gasteiger partial charge in [0, 0.05) is 24.1 Å². The highest BCUT2D eigenvalue weighted by Gasteiger charge is 2.26. The van der Waals surface area contributed by atoms with E-state index in [2.05, 4.69) is 53.8 Å². The normalized spacial score (nSPS) is 13.2. The molecule has 0 aliphatic carbocycles. The van der Waals surface area contributed by atoms with Crippen LogP contribution in [0, 0.1) is 5.92 Å². The quantitative estimate of drug-likeness (QED) is 0.858. The van der Waals surface area contributed by atoms with Crippen molar-refractivity contribution in [3.63, 3.8) is 0 Å². The maximum absolute atomic E-state index is 5.57. The van der Waals surface area contributed by atoms with Crippen LogP contribution in [0.4, 0.5) is 0 Å². The molecule has 3 nitrogen and oxygen atoms in total. The van der Waals surface area contributed by atoms with Crippen molar-refractivity contribution in [1.82, 2.24) is 10.3 Å². The Morgan fingerprint density at radius 2 is 1.80 bits per heavy atom. The standard InChI is InChI=1S/C16H30N2OS/c1-11(2)9-12-13(10-17-15(3,4)5)20-14(18-12)16(6,7)19-8/h11,17H,9-10H2,1-8H3. The summed E-state index contributed by atoms with van der Waals surface area (Å²) in [5, 5.41) is 4.63. The van der Waals surface area contributed by atoms with Gasteiger partial charge in [0.1, 0.15) is 10.6 Å². The summed E-state index contributed by atoms with van der Waals surface area (Å²) in [5.74, 6) is 0.615. The average molecular weight is 298 g/mol. The first-order chi connectivity index (χ1) is 9.05. The molecule has 1 aromatic rings. The summed E-state index contributed by atoms with van der Waals surface area (Å²) >= 11 is 1.78. The first-order valence-corrected chi connectivity index (χ1v) is 8.16. The van der Waals surface area contributed by atoms with E-state index in [-0.39, 0.29) is 11.1 Å². The van der Waals surface area contributed by atoms with E-state index in [0.29, 0.717) is 5.92 Å². The lowest BCUT2D eigenvalue weighted by molar-refractivity contribution is 0.0189. The smallest absolute Gasteiger partial charge is 0.125 e. The van der Waals surface area contributed by atoms with Crippen molar-refractivity contribution >= 4 is 11.3 Å². The SMILES string of the molecule is COC(C)(C)c1nc(CC(C)C)c(CNC(C)(C)C)s1. The molecule has 116 valence electrons. The van der Waals surface area contributed by atoms with E-state index in [1.165, 1.54) is 10.6 Å². The molecule has 0 aromatic carbocycles. The summed E-state index contributed by atoms with van der Waals surface area (Å²) in [4.78, 5) is 6.19. The number of nitrogens with zero attached hydrogens (tertiary/aromatic N) is 1. The minimum Gasteiger partial charge on any atom is -0.372 e. The minimum atomic E-state index is -0.309. The van der Waals surface area contributed by atoms with Crippen molar-refractivity contribution < 1.29 is 4.74 Å². The van der Waals surface area contributed by atoms with Crippen LogP contribution in [-0.4, -0.2) is 17.6 Å². The number of methoxy groups -OCH3 is 1. The Bertz CT molecular complexity index is 430. The van der Waals surface area contributed by atoms with E-state index in [0.717, 1.165) is 18.0 Å². The zero-order valence-corrected chi connectivity index (χ0v) is 15.1. The molecule has 0 spiro atoms. The number of rotatable bonds is 6. The van der Waals surface area contributed by atoms with Crippen LogP contribution in [0.5, 0.6) is 0 Å². The molecule has 0 saturated carbocycles. The van der Waals surface area contributed by atoms with E-state index < -0.39 is 0 Å². The lowest BCUT2D eigenvalue weighted by Gasteiger charge is -2.20. The lowest BCUT2D eigenvalue weighted by Crippen LogP contribution is -2.35. The van der Waals surface area contributed by atoms with Gasteiger partial charge in [-0.2, -0.15) is 0 Å². The molecule has 0 amide bonds. The van der Waals surface area contributed by atoms with Gasteiger partial charge in [0.05, 0.1) is 5.69 Å². The van der Waals surface area contributed by atoms with Crippen molar-refractivity contribution in [2.24, 2.45) is 5.92 Å². The number of thiazole rings is 1. The van der Waals surface area contributed by atoms with Gasteiger partial charge in [-0.05, 0) is 47.0 Å². The van der Waals surface area contributed by atoms with Crippen LogP contribution in [-0.2, 0) is 23.3 Å². The fourth-order valence-corrected chi connectivity index (χ4v) is 2.87. The molecule has 0 unspecified atom stereocenters. The van der Waals surface area contributed by atoms with E-state index in [1.54, 1.807) is 18.4 Å². The topological polar surface area (TPSA) is 34.1 Å². The summed E-state index contributed by atoms with van der Waals surface area (Å²) in [6, 6.07) is 0. The highest BCUT2D eigenvalue weighted by Crippen LogP contribution is 2.31. The Morgan fingerprint density at radius 3 is 2.25 bits per heavy atom. The Morgan fingerprint density at radius 1 is 1.20 bits per heavy atom. The van der Waals surface area contributed by atoms with E-state index in [9.17, 15) is 0 Å². The number of nitrogens with one attached hydrogen (secondary N) is 1. The molecule has 4 heteroatoms. The molecule has 1 rings (SSSR count). The van der Waals surface area contributed by atoms with Crippen LogP contribution in [0.3, 0.4) is 0 Å². The largest absolute Gasteiger partial charge is 0.372 e. The third kappa shape index (κ3) is 5.15. The molecule has 0 radical (unpaired) electrons. The van der Waals surface area contributed by atoms with E-state index in [4.69, 9.17) is 9.72 Å². The number of ether oxygens (including phenoxy) is 1. The molecule has 1 N–H and O–H groups in total. The van der Waals surface area contributed by atoms with E-state index in [1.807, 2.05) is 0 Å². The summed E-state index contributed by atoms with van der Waals surface area (Å²) in [5.41, 5.74) is 1.04. The third-order valence-corrected chi connectivity index (χ3v) is 4.59. The average Bonchev–Trinajstić information content (AvgIpc) is 2.68. The van der Waals surface area contributed by atoms with Gasteiger partial charge < -0.3 is 10.1 Å². The molecule has 0 bridgehead atoms. The van der Waals surface area contributed by atoms with Crippen molar-refractivity contribution in [2.75, 3.05) is 7.11 Å². The Labute approximate surface area is 128 Å². The highest BCUT2D eigenvalue weighted by molar-refractivity contribution is 7.11. The van der Waals surface area contributed by atoms with Crippen molar-refractivity contribution in [3.05, 3.63) is 15.6 Å². The summed E-state index contributed by atoms with van der Waals surface area (Å²) in [6.45, 7) is 16.1. The lowest BCUT2D eigenvalue weighted by atomic mass is 10.1. The Hall–Kier alpha value is -0.450. The van der Waals surface area contributed by atoms with Gasteiger partial charge in [0.15, 0.2) is 0 Å². The zero-order chi connectivity index (χ0) is 15.6. The molecule has 0 fully saturated rings. The second-order valence-electron chi connectivity index (χ2n) is 7.30. The van der Waals surface area contributed by atoms with Gasteiger partial charge in [-0.25, -0.2) is 4.98 Å². The fraction of sp³-hybridized carbons (Fsp3) is 0.812. The van der Waals surface area contributed by atoms with Crippen molar-refractivity contribution in [1.29, 1.82) is 0 Å². The summed E-state index contributed by atoms with van der Waals surface area (Å²) in [6.07, 6.45) is 1.03. The maximum Gasteiger partial charge on any atom is 0.125 e. The summed E-state index contributed by atoms with van der Waals surface area (Å²) < 4.78 is 5.57. The van der Waals surface area contributed by atoms with Crippen molar-refractivity contribution in [3.8, 4) is 0 Å². The van der Waals surface area contributed by atoms with Crippen LogP contribution in [0.15, 0.2) is 0 Å². The van der Waals surface area contributed by atoms with Gasteiger partial charge >= 0.3 is 0 Å². The molecular formula is C16H30N2OS. The van der Waals surface area contributed by atoms with Crippen molar-refractivity contribution in [2.45, 2.75) is 72.6 Å². The molecular weight excluding hydrogens is 268 g/mol. The Kier molecular flexibility index (Phi) is 5.76. The van der Waals surface area contributed by atoms with Gasteiger partial charge in [-0.3, -0.25) is 0 Å². The van der Waals surface area contributed by atoms with Crippen LogP contribution in [0.25, 0.3) is 0 Å². The molecule has 0 aliphatic heterocycles. The van der Waals surface area contributed by atoms with Gasteiger partial charge in [-0.15, -0.1) is 11.3 Å². The second kappa shape index (κ2) is 6.54. The molecule has 0 aliphatic rings. The predicted molar refractivity (Wildman–Crippen MR) is 87.3 cm³/mol. The minimum absolute atomic E-state index is 0.121.